The number of nitrogens with zero attached hydrogens (tertiary/aromatic N) is 3. The van der Waals surface area contributed by atoms with Gasteiger partial charge in [0.2, 0.25) is 11.8 Å². The van der Waals surface area contributed by atoms with Gasteiger partial charge in [-0.25, -0.2) is 4.79 Å². The molecule has 29 heavy (non-hydrogen) atoms. The van der Waals surface area contributed by atoms with Gasteiger partial charge in [0.05, 0.1) is 12.8 Å². The Labute approximate surface area is 170 Å². The molecule has 0 aliphatic heterocycles. The summed E-state index contributed by atoms with van der Waals surface area (Å²) in [5, 5.41) is 24.7. The van der Waals surface area contributed by atoms with E-state index in [0.29, 0.717) is 5.56 Å². The first-order chi connectivity index (χ1) is 14.1. The van der Waals surface area contributed by atoms with Gasteiger partial charge in [0.1, 0.15) is 0 Å². The highest BCUT2D eigenvalue weighted by Gasteiger charge is 2.24. The molecule has 0 atom stereocenters. The first-order valence-corrected chi connectivity index (χ1v) is 9.70. The van der Waals surface area contributed by atoms with Crippen LogP contribution in [0, 0.1) is 0 Å². The van der Waals surface area contributed by atoms with Crippen LogP contribution in [0.2, 0.25) is 0 Å². The minimum Gasteiger partial charge on any atom is -0.492 e. The van der Waals surface area contributed by atoms with Crippen molar-refractivity contribution in [2.75, 3.05) is 6.61 Å². The van der Waals surface area contributed by atoms with Crippen LogP contribution < -0.4 is 0 Å². The predicted molar refractivity (Wildman–Crippen MR) is 108 cm³/mol. The number of ether oxygens (including phenoxy) is 1. The van der Waals surface area contributed by atoms with E-state index in [4.69, 9.17) is 4.74 Å². The molecule has 0 saturated carbocycles. The molecule has 0 aliphatic carbocycles. The molecule has 146 valence electrons. The fourth-order valence-electron chi connectivity index (χ4n) is 2.88. The lowest BCUT2D eigenvalue weighted by molar-refractivity contribution is 0.0517. The van der Waals surface area contributed by atoms with Gasteiger partial charge in [-0.2, -0.15) is 14.6 Å². The highest BCUT2D eigenvalue weighted by molar-refractivity contribution is 7.99. The van der Waals surface area contributed by atoms with Gasteiger partial charge in [0.15, 0.2) is 11.2 Å². The summed E-state index contributed by atoms with van der Waals surface area (Å²) in [6, 6.07) is 17.8. The molecule has 2 N–H and O–H groups in total. The zero-order chi connectivity index (χ0) is 20.4. The average Bonchev–Trinajstić information content (AvgIpc) is 3.13. The minimum absolute atomic E-state index is 0.105. The summed E-state index contributed by atoms with van der Waals surface area (Å²) in [6.07, 6.45) is 1.52. The number of carbonyl (C=O) groups excluding carboxylic acids is 1. The van der Waals surface area contributed by atoms with E-state index >= 15 is 0 Å². The van der Waals surface area contributed by atoms with E-state index in [1.54, 1.807) is 18.7 Å². The second-order valence-electron chi connectivity index (χ2n) is 6.09. The number of hydrogen-bond acceptors (Lipinski definition) is 7. The van der Waals surface area contributed by atoms with Gasteiger partial charge in [0.25, 0.3) is 0 Å². The van der Waals surface area contributed by atoms with E-state index in [1.165, 1.54) is 6.20 Å². The fraction of sp³-hybridized carbons (Fsp3) is 0.0952. The first kappa shape index (κ1) is 18.8. The normalized spacial score (nSPS) is 10.9. The standard InChI is InChI=1S/C21H17N3O4S/c1-2-28-21(27)17-19(25)23-18-16(12-22-24(18)20(17)26)13-8-10-15(11-9-13)29-14-6-4-3-5-7-14/h3-12,26H,2H2,1H3,(H,23,25). The largest absolute Gasteiger partial charge is 0.492 e. The Morgan fingerprint density at radius 2 is 1.76 bits per heavy atom. The molecule has 2 heterocycles. The van der Waals surface area contributed by atoms with Crippen LogP contribution in [-0.4, -0.2) is 37.4 Å². The summed E-state index contributed by atoms with van der Waals surface area (Å²) < 4.78 is 5.95. The molecule has 7 nitrogen and oxygen atoms in total. The smallest absolute Gasteiger partial charge is 0.349 e. The molecule has 4 rings (SSSR count). The fourth-order valence-corrected chi connectivity index (χ4v) is 3.72. The zero-order valence-electron chi connectivity index (χ0n) is 15.4. The third kappa shape index (κ3) is 3.62. The van der Waals surface area contributed by atoms with Crippen molar-refractivity contribution in [1.29, 1.82) is 0 Å². The maximum Gasteiger partial charge on any atom is 0.349 e. The summed E-state index contributed by atoms with van der Waals surface area (Å²) in [5.41, 5.74) is 1.25. The molecule has 0 unspecified atom stereocenters. The number of aromatic nitrogens is 3. The van der Waals surface area contributed by atoms with Crippen molar-refractivity contribution in [3.05, 3.63) is 66.4 Å². The summed E-state index contributed by atoms with van der Waals surface area (Å²) in [5.74, 6) is -1.99. The van der Waals surface area contributed by atoms with Crippen molar-refractivity contribution >= 4 is 23.4 Å². The molecule has 2 aromatic heterocycles. The van der Waals surface area contributed by atoms with Crippen molar-refractivity contribution in [2.24, 2.45) is 0 Å². The summed E-state index contributed by atoms with van der Waals surface area (Å²) in [7, 11) is 0. The molecule has 0 fully saturated rings. The third-order valence-electron chi connectivity index (χ3n) is 4.23. The van der Waals surface area contributed by atoms with Gasteiger partial charge in [0, 0.05) is 15.4 Å². The Kier molecular flexibility index (Phi) is 5.09. The van der Waals surface area contributed by atoms with Crippen molar-refractivity contribution in [3.63, 3.8) is 0 Å². The summed E-state index contributed by atoms with van der Waals surface area (Å²) in [6.45, 7) is 1.73. The molecule has 0 saturated heterocycles. The van der Waals surface area contributed by atoms with Gasteiger partial charge in [-0.05, 0) is 36.8 Å². The average molecular weight is 407 g/mol. The zero-order valence-corrected chi connectivity index (χ0v) is 16.3. The van der Waals surface area contributed by atoms with Gasteiger partial charge in [-0.3, -0.25) is 0 Å². The number of aromatic hydroxyl groups is 2. The maximum atomic E-state index is 12.0. The molecule has 8 heteroatoms. The Hall–Kier alpha value is -3.52. The Balaban J connectivity index is 1.69. The lowest BCUT2D eigenvalue weighted by atomic mass is 10.1. The predicted octanol–water partition coefficient (Wildman–Crippen LogP) is 4.14. The Morgan fingerprint density at radius 1 is 1.07 bits per heavy atom. The number of carbonyl (C=O) groups is 1. The van der Waals surface area contributed by atoms with E-state index in [-0.39, 0.29) is 12.3 Å². The molecular weight excluding hydrogens is 390 g/mol. The monoisotopic (exact) mass is 407 g/mol. The lowest BCUT2D eigenvalue weighted by Crippen LogP contribution is -2.09. The second kappa shape index (κ2) is 7.84. The SMILES string of the molecule is CCOC(=O)c1c(O)nc2c(-c3ccc(Sc4ccccc4)cc3)cnn2c1O. The van der Waals surface area contributed by atoms with Gasteiger partial charge < -0.3 is 14.9 Å². The van der Waals surface area contributed by atoms with Crippen LogP contribution in [0.4, 0.5) is 0 Å². The van der Waals surface area contributed by atoms with Crippen LogP contribution in [0.1, 0.15) is 17.3 Å². The molecule has 2 aromatic carbocycles. The summed E-state index contributed by atoms with van der Waals surface area (Å²) >= 11 is 1.64. The van der Waals surface area contributed by atoms with Crippen LogP contribution in [0.3, 0.4) is 0 Å². The number of benzene rings is 2. The van der Waals surface area contributed by atoms with Gasteiger partial charge >= 0.3 is 5.97 Å². The van der Waals surface area contributed by atoms with E-state index in [0.717, 1.165) is 19.9 Å². The quantitative estimate of drug-likeness (QED) is 0.480. The van der Waals surface area contributed by atoms with Crippen molar-refractivity contribution in [1.82, 2.24) is 14.6 Å². The third-order valence-corrected chi connectivity index (χ3v) is 5.24. The van der Waals surface area contributed by atoms with Crippen LogP contribution in [0.5, 0.6) is 11.8 Å². The summed E-state index contributed by atoms with van der Waals surface area (Å²) in [4.78, 5) is 18.2. The van der Waals surface area contributed by atoms with Crippen molar-refractivity contribution in [3.8, 4) is 22.9 Å². The Bertz CT molecular complexity index is 1170. The van der Waals surface area contributed by atoms with E-state index < -0.39 is 23.3 Å². The molecule has 4 aromatic rings. The number of fused-ring (bicyclic) bond motifs is 1. The molecule has 0 radical (unpaired) electrons. The number of esters is 1. The maximum absolute atomic E-state index is 12.0. The molecular formula is C21H17N3O4S. The van der Waals surface area contributed by atoms with Gasteiger partial charge in [-0.1, -0.05) is 42.1 Å². The first-order valence-electron chi connectivity index (χ1n) is 8.88. The Morgan fingerprint density at radius 3 is 2.45 bits per heavy atom. The second-order valence-corrected chi connectivity index (χ2v) is 7.23. The topological polar surface area (TPSA) is 97.0 Å². The van der Waals surface area contributed by atoms with Crippen LogP contribution in [-0.2, 0) is 4.74 Å². The highest BCUT2D eigenvalue weighted by Crippen LogP contribution is 2.33. The van der Waals surface area contributed by atoms with E-state index in [9.17, 15) is 15.0 Å². The van der Waals surface area contributed by atoms with Crippen LogP contribution in [0.25, 0.3) is 16.8 Å². The van der Waals surface area contributed by atoms with Crippen LogP contribution in [0.15, 0.2) is 70.6 Å². The minimum atomic E-state index is -0.865. The van der Waals surface area contributed by atoms with Crippen molar-refractivity contribution in [2.45, 2.75) is 16.7 Å². The number of hydrogen-bond donors (Lipinski definition) is 2. The lowest BCUT2D eigenvalue weighted by Gasteiger charge is -2.08. The molecule has 0 bridgehead atoms. The molecule has 0 aliphatic rings. The van der Waals surface area contributed by atoms with E-state index in [1.807, 2.05) is 54.6 Å². The number of rotatable bonds is 5. The van der Waals surface area contributed by atoms with E-state index in [2.05, 4.69) is 10.1 Å². The van der Waals surface area contributed by atoms with Crippen LogP contribution >= 0.6 is 11.8 Å². The van der Waals surface area contributed by atoms with Crippen molar-refractivity contribution < 1.29 is 19.7 Å². The van der Waals surface area contributed by atoms with Gasteiger partial charge in [-0.15, -0.1) is 0 Å². The highest BCUT2D eigenvalue weighted by atomic mass is 32.2. The molecule has 0 spiro atoms. The molecule has 0 amide bonds.